The van der Waals surface area contributed by atoms with Gasteiger partial charge in [0, 0.05) is 18.3 Å². The molecule has 0 atom stereocenters. The summed E-state index contributed by atoms with van der Waals surface area (Å²) < 4.78 is 45.6. The van der Waals surface area contributed by atoms with Crippen LogP contribution in [0.3, 0.4) is 0 Å². The Labute approximate surface area is 157 Å². The van der Waals surface area contributed by atoms with Gasteiger partial charge in [-0.1, -0.05) is 12.1 Å². The van der Waals surface area contributed by atoms with Crippen LogP contribution in [0.25, 0.3) is 17.3 Å². The molecular formula is C18H15F3N6O. The number of halogens is 3. The fourth-order valence-electron chi connectivity index (χ4n) is 3.66. The first-order valence-corrected chi connectivity index (χ1v) is 8.76. The number of nitrogens with zero attached hydrogens (tertiary/aromatic N) is 6. The Hall–Kier alpha value is -3.30. The van der Waals surface area contributed by atoms with Crippen molar-refractivity contribution < 1.29 is 17.9 Å². The molecule has 0 unspecified atom stereocenters. The summed E-state index contributed by atoms with van der Waals surface area (Å²) >= 11 is 0. The number of hydrogen-bond acceptors (Lipinski definition) is 5. The van der Waals surface area contributed by atoms with Gasteiger partial charge < -0.3 is 9.64 Å². The van der Waals surface area contributed by atoms with Crippen LogP contribution in [0.1, 0.15) is 17.9 Å². The molecule has 0 saturated heterocycles. The van der Waals surface area contributed by atoms with E-state index in [9.17, 15) is 13.2 Å². The lowest BCUT2D eigenvalue weighted by atomic mass is 10.1. The SMILES string of the molecule is FC(F)(F)Oc1cccc(-c2nn3c(c2N2C=Cc4ncnn4C2)CCC3)c1. The van der Waals surface area contributed by atoms with E-state index in [1.165, 1.54) is 24.5 Å². The van der Waals surface area contributed by atoms with E-state index in [0.717, 1.165) is 36.6 Å². The lowest BCUT2D eigenvalue weighted by molar-refractivity contribution is -0.274. The van der Waals surface area contributed by atoms with E-state index >= 15 is 0 Å². The third kappa shape index (κ3) is 2.90. The van der Waals surface area contributed by atoms with Gasteiger partial charge in [0.15, 0.2) is 5.82 Å². The van der Waals surface area contributed by atoms with Gasteiger partial charge in [0.05, 0.1) is 11.4 Å². The minimum Gasteiger partial charge on any atom is -0.406 e. The van der Waals surface area contributed by atoms with Crippen LogP contribution in [0.4, 0.5) is 18.9 Å². The van der Waals surface area contributed by atoms with Crippen molar-refractivity contribution in [3.8, 4) is 17.0 Å². The fourth-order valence-corrected chi connectivity index (χ4v) is 3.66. The van der Waals surface area contributed by atoms with Gasteiger partial charge in [-0.25, -0.2) is 9.67 Å². The van der Waals surface area contributed by atoms with E-state index in [1.807, 2.05) is 21.9 Å². The zero-order valence-corrected chi connectivity index (χ0v) is 14.6. The molecule has 0 fully saturated rings. The molecule has 2 aromatic heterocycles. The lowest BCUT2D eigenvalue weighted by Crippen LogP contribution is -2.26. The number of ether oxygens (including phenoxy) is 1. The third-order valence-corrected chi connectivity index (χ3v) is 4.78. The Bertz CT molecular complexity index is 1070. The molecule has 0 N–H and O–H groups in total. The van der Waals surface area contributed by atoms with E-state index in [1.54, 1.807) is 10.7 Å². The van der Waals surface area contributed by atoms with Crippen LogP contribution in [0, 0.1) is 0 Å². The molecule has 4 heterocycles. The van der Waals surface area contributed by atoms with Crippen LogP contribution in [0.2, 0.25) is 0 Å². The fraction of sp³-hybridized carbons (Fsp3) is 0.278. The van der Waals surface area contributed by atoms with Gasteiger partial charge in [-0.05, 0) is 31.1 Å². The first kappa shape index (κ1) is 16.8. The Morgan fingerprint density at radius 2 is 2.04 bits per heavy atom. The maximum absolute atomic E-state index is 12.6. The highest BCUT2D eigenvalue weighted by molar-refractivity contribution is 5.79. The second kappa shape index (κ2) is 6.11. The zero-order chi connectivity index (χ0) is 19.3. The Morgan fingerprint density at radius 1 is 1.14 bits per heavy atom. The summed E-state index contributed by atoms with van der Waals surface area (Å²) in [6, 6.07) is 5.91. The van der Waals surface area contributed by atoms with E-state index in [-0.39, 0.29) is 5.75 Å². The highest BCUT2D eigenvalue weighted by Crippen LogP contribution is 2.39. The second-order valence-corrected chi connectivity index (χ2v) is 6.59. The summed E-state index contributed by atoms with van der Waals surface area (Å²) in [5.74, 6) is 0.485. The zero-order valence-electron chi connectivity index (χ0n) is 14.6. The average Bonchev–Trinajstić information content (AvgIpc) is 3.35. The Balaban J connectivity index is 1.57. The maximum atomic E-state index is 12.6. The van der Waals surface area contributed by atoms with Gasteiger partial charge in [-0.2, -0.15) is 10.2 Å². The van der Waals surface area contributed by atoms with Crippen molar-refractivity contribution in [1.82, 2.24) is 24.5 Å². The highest BCUT2D eigenvalue weighted by atomic mass is 19.4. The number of rotatable bonds is 3. The van der Waals surface area contributed by atoms with Crippen molar-refractivity contribution in [3.05, 3.63) is 48.3 Å². The molecule has 2 aliphatic heterocycles. The van der Waals surface area contributed by atoms with Gasteiger partial charge in [0.1, 0.15) is 24.4 Å². The van der Waals surface area contributed by atoms with E-state index in [0.29, 0.717) is 17.9 Å². The molecule has 3 aromatic rings. The van der Waals surface area contributed by atoms with E-state index in [4.69, 9.17) is 0 Å². The predicted octanol–water partition coefficient (Wildman–Crippen LogP) is 3.43. The topological polar surface area (TPSA) is 61.0 Å². The van der Waals surface area contributed by atoms with Crippen LogP contribution in [0.15, 0.2) is 36.8 Å². The van der Waals surface area contributed by atoms with Crippen molar-refractivity contribution >= 4 is 11.8 Å². The van der Waals surface area contributed by atoms with Gasteiger partial charge in [0.25, 0.3) is 0 Å². The highest BCUT2D eigenvalue weighted by Gasteiger charge is 2.32. The largest absolute Gasteiger partial charge is 0.573 e. The molecule has 5 rings (SSSR count). The Morgan fingerprint density at radius 3 is 2.89 bits per heavy atom. The summed E-state index contributed by atoms with van der Waals surface area (Å²) in [5.41, 5.74) is 3.12. The summed E-state index contributed by atoms with van der Waals surface area (Å²) in [7, 11) is 0. The van der Waals surface area contributed by atoms with Gasteiger partial charge >= 0.3 is 6.36 Å². The molecule has 0 aliphatic carbocycles. The number of alkyl halides is 3. The summed E-state index contributed by atoms with van der Waals surface area (Å²) in [4.78, 5) is 6.16. The molecule has 2 aliphatic rings. The van der Waals surface area contributed by atoms with Crippen molar-refractivity contribution in [2.45, 2.75) is 32.4 Å². The van der Waals surface area contributed by atoms with Crippen molar-refractivity contribution in [3.63, 3.8) is 0 Å². The minimum absolute atomic E-state index is 0.267. The second-order valence-electron chi connectivity index (χ2n) is 6.59. The van der Waals surface area contributed by atoms with Crippen molar-refractivity contribution in [1.29, 1.82) is 0 Å². The number of fused-ring (bicyclic) bond motifs is 2. The predicted molar refractivity (Wildman–Crippen MR) is 94.2 cm³/mol. The maximum Gasteiger partial charge on any atom is 0.573 e. The minimum atomic E-state index is -4.74. The van der Waals surface area contributed by atoms with Crippen LogP contribution < -0.4 is 9.64 Å². The molecule has 0 bridgehead atoms. The molecule has 0 radical (unpaired) electrons. The molecule has 10 heteroatoms. The number of benzene rings is 1. The molecular weight excluding hydrogens is 373 g/mol. The van der Waals surface area contributed by atoms with Crippen LogP contribution in [0.5, 0.6) is 5.75 Å². The average molecular weight is 388 g/mol. The normalized spacial score (nSPS) is 15.6. The van der Waals surface area contributed by atoms with E-state index in [2.05, 4.69) is 19.9 Å². The molecule has 28 heavy (non-hydrogen) atoms. The van der Waals surface area contributed by atoms with Gasteiger partial charge in [0.2, 0.25) is 0 Å². The smallest absolute Gasteiger partial charge is 0.406 e. The molecule has 0 saturated carbocycles. The third-order valence-electron chi connectivity index (χ3n) is 4.78. The summed E-state index contributed by atoms with van der Waals surface area (Å²) in [6.45, 7) is 1.24. The molecule has 0 amide bonds. The van der Waals surface area contributed by atoms with E-state index < -0.39 is 6.36 Å². The molecule has 7 nitrogen and oxygen atoms in total. The number of hydrogen-bond donors (Lipinski definition) is 0. The van der Waals surface area contributed by atoms with Crippen LogP contribution in [-0.4, -0.2) is 30.9 Å². The summed E-state index contributed by atoms with van der Waals surface area (Å²) in [5, 5.41) is 8.88. The number of aryl methyl sites for hydroxylation is 1. The quantitative estimate of drug-likeness (QED) is 0.688. The van der Waals surface area contributed by atoms with Crippen molar-refractivity contribution in [2.24, 2.45) is 0 Å². The van der Waals surface area contributed by atoms with Gasteiger partial charge in [-0.15, -0.1) is 13.2 Å². The summed E-state index contributed by atoms with van der Waals surface area (Å²) in [6.07, 6.45) is 2.35. The number of anilines is 1. The van der Waals surface area contributed by atoms with Crippen LogP contribution in [-0.2, 0) is 19.6 Å². The first-order chi connectivity index (χ1) is 13.5. The monoisotopic (exact) mass is 388 g/mol. The molecule has 144 valence electrons. The first-order valence-electron chi connectivity index (χ1n) is 8.76. The standard InChI is InChI=1S/C18H15F3N6O/c19-18(20,21)28-13-4-1-3-12(9-13)16-17(14-5-2-7-26(14)24-16)25-8-6-15-22-10-23-27(15)11-25/h1,3-4,6,8-10H,2,5,7,11H2. The lowest BCUT2D eigenvalue weighted by Gasteiger charge is -2.25. The van der Waals surface area contributed by atoms with Crippen molar-refractivity contribution in [2.75, 3.05) is 4.90 Å². The van der Waals surface area contributed by atoms with Crippen LogP contribution >= 0.6 is 0 Å². The number of aromatic nitrogens is 5. The Kier molecular flexibility index (Phi) is 3.68. The molecule has 1 aromatic carbocycles. The molecule has 0 spiro atoms. The van der Waals surface area contributed by atoms with Gasteiger partial charge in [-0.3, -0.25) is 4.68 Å².